The largest absolute Gasteiger partial charge is 0.326 e. The third-order valence-corrected chi connectivity index (χ3v) is 2.80. The van der Waals surface area contributed by atoms with E-state index in [2.05, 4.69) is 11.2 Å². The fourth-order valence-corrected chi connectivity index (χ4v) is 1.78. The highest BCUT2D eigenvalue weighted by Gasteiger charge is 2.04. The standard InChI is InChI=1S/C17H15NO/c1-3-14-5-4-6-16(11-14)18-17(19)12-15-9-7-13(2)8-10-15/h1,4-11H,12H2,2H3,(H,18,19). The first-order valence-electron chi connectivity index (χ1n) is 6.09. The molecule has 0 heterocycles. The molecule has 0 bridgehead atoms. The molecule has 94 valence electrons. The quantitative estimate of drug-likeness (QED) is 0.832. The summed E-state index contributed by atoms with van der Waals surface area (Å²) in [7, 11) is 0. The fraction of sp³-hybridized carbons (Fsp3) is 0.118. The molecule has 0 spiro atoms. The van der Waals surface area contributed by atoms with Gasteiger partial charge >= 0.3 is 0 Å². The van der Waals surface area contributed by atoms with E-state index in [1.54, 1.807) is 6.07 Å². The van der Waals surface area contributed by atoms with Crippen LogP contribution in [0.15, 0.2) is 48.5 Å². The van der Waals surface area contributed by atoms with Gasteiger partial charge in [0.1, 0.15) is 0 Å². The number of nitrogens with one attached hydrogen (secondary N) is 1. The van der Waals surface area contributed by atoms with Crippen molar-refractivity contribution in [2.75, 3.05) is 5.32 Å². The van der Waals surface area contributed by atoms with Crippen molar-refractivity contribution >= 4 is 11.6 Å². The average molecular weight is 249 g/mol. The summed E-state index contributed by atoms with van der Waals surface area (Å²) >= 11 is 0. The summed E-state index contributed by atoms with van der Waals surface area (Å²) in [5, 5.41) is 2.85. The van der Waals surface area contributed by atoms with E-state index in [-0.39, 0.29) is 5.91 Å². The molecular formula is C17H15NO. The Morgan fingerprint density at radius 2 is 1.95 bits per heavy atom. The summed E-state index contributed by atoms with van der Waals surface area (Å²) in [6.07, 6.45) is 5.69. The van der Waals surface area contributed by atoms with Crippen LogP contribution in [0.3, 0.4) is 0 Å². The zero-order valence-corrected chi connectivity index (χ0v) is 10.8. The molecule has 1 amide bonds. The van der Waals surface area contributed by atoms with E-state index in [0.717, 1.165) is 16.8 Å². The Labute approximate surface area is 113 Å². The van der Waals surface area contributed by atoms with Crippen molar-refractivity contribution in [1.82, 2.24) is 0 Å². The summed E-state index contributed by atoms with van der Waals surface area (Å²) in [6.45, 7) is 2.02. The van der Waals surface area contributed by atoms with Gasteiger partial charge in [-0.15, -0.1) is 6.42 Å². The molecule has 0 radical (unpaired) electrons. The Bertz CT molecular complexity index is 620. The summed E-state index contributed by atoms with van der Waals surface area (Å²) in [6, 6.07) is 15.2. The third-order valence-electron chi connectivity index (χ3n) is 2.80. The second kappa shape index (κ2) is 5.88. The van der Waals surface area contributed by atoms with Gasteiger partial charge in [-0.25, -0.2) is 0 Å². The lowest BCUT2D eigenvalue weighted by atomic mass is 10.1. The number of terminal acetylenes is 1. The average Bonchev–Trinajstić information content (AvgIpc) is 2.41. The molecule has 2 aromatic carbocycles. The fourth-order valence-electron chi connectivity index (χ4n) is 1.78. The predicted molar refractivity (Wildman–Crippen MR) is 77.9 cm³/mol. The van der Waals surface area contributed by atoms with Crippen molar-refractivity contribution in [2.45, 2.75) is 13.3 Å². The Morgan fingerprint density at radius 1 is 1.21 bits per heavy atom. The number of carbonyl (C=O) groups excluding carboxylic acids is 1. The first kappa shape index (κ1) is 12.9. The first-order chi connectivity index (χ1) is 9.17. The van der Waals surface area contributed by atoms with Crippen LogP contribution in [-0.2, 0) is 11.2 Å². The number of carbonyl (C=O) groups is 1. The van der Waals surface area contributed by atoms with Crippen molar-refractivity contribution in [3.05, 3.63) is 65.2 Å². The second-order valence-corrected chi connectivity index (χ2v) is 4.44. The Hall–Kier alpha value is -2.53. The molecule has 0 aliphatic heterocycles. The summed E-state index contributed by atoms with van der Waals surface area (Å²) in [5.41, 5.74) is 3.67. The van der Waals surface area contributed by atoms with Crippen molar-refractivity contribution in [2.24, 2.45) is 0 Å². The van der Waals surface area contributed by atoms with Gasteiger partial charge in [-0.2, -0.15) is 0 Å². The Kier molecular flexibility index (Phi) is 4.00. The van der Waals surface area contributed by atoms with Crippen LogP contribution in [0.4, 0.5) is 5.69 Å². The van der Waals surface area contributed by atoms with Crippen molar-refractivity contribution in [1.29, 1.82) is 0 Å². The molecule has 0 fully saturated rings. The minimum atomic E-state index is -0.0435. The van der Waals surface area contributed by atoms with E-state index in [0.29, 0.717) is 6.42 Å². The maximum absolute atomic E-state index is 11.9. The molecule has 0 saturated heterocycles. The molecule has 19 heavy (non-hydrogen) atoms. The van der Waals surface area contributed by atoms with Crippen LogP contribution in [0.2, 0.25) is 0 Å². The van der Waals surface area contributed by atoms with Gasteiger partial charge in [0.25, 0.3) is 0 Å². The summed E-state index contributed by atoms with van der Waals surface area (Å²) in [4.78, 5) is 11.9. The van der Waals surface area contributed by atoms with Crippen molar-refractivity contribution in [3.63, 3.8) is 0 Å². The molecule has 0 unspecified atom stereocenters. The van der Waals surface area contributed by atoms with E-state index in [1.807, 2.05) is 49.4 Å². The topological polar surface area (TPSA) is 29.1 Å². The van der Waals surface area contributed by atoms with Crippen LogP contribution >= 0.6 is 0 Å². The second-order valence-electron chi connectivity index (χ2n) is 4.44. The monoisotopic (exact) mass is 249 g/mol. The number of hydrogen-bond donors (Lipinski definition) is 1. The number of hydrogen-bond acceptors (Lipinski definition) is 1. The van der Waals surface area contributed by atoms with Crippen molar-refractivity contribution < 1.29 is 4.79 Å². The van der Waals surface area contributed by atoms with Gasteiger partial charge in [-0.1, -0.05) is 41.8 Å². The maximum atomic E-state index is 11.9. The van der Waals surface area contributed by atoms with Gasteiger partial charge in [0.15, 0.2) is 0 Å². The molecule has 2 nitrogen and oxygen atoms in total. The Morgan fingerprint density at radius 3 is 2.63 bits per heavy atom. The molecule has 0 saturated carbocycles. The molecule has 0 aliphatic carbocycles. The van der Waals surface area contributed by atoms with E-state index >= 15 is 0 Å². The number of amides is 1. The highest BCUT2D eigenvalue weighted by Crippen LogP contribution is 2.11. The lowest BCUT2D eigenvalue weighted by Crippen LogP contribution is -2.14. The zero-order chi connectivity index (χ0) is 13.7. The van der Waals surface area contributed by atoms with Crippen molar-refractivity contribution in [3.8, 4) is 12.3 Å². The third kappa shape index (κ3) is 3.72. The minimum Gasteiger partial charge on any atom is -0.326 e. The van der Waals surface area contributed by atoms with Gasteiger partial charge < -0.3 is 5.32 Å². The first-order valence-corrected chi connectivity index (χ1v) is 6.09. The molecule has 0 aliphatic rings. The lowest BCUT2D eigenvalue weighted by Gasteiger charge is -2.06. The predicted octanol–water partition coefficient (Wildman–Crippen LogP) is 3.16. The Balaban J connectivity index is 2.01. The van der Waals surface area contributed by atoms with Crippen LogP contribution in [0, 0.1) is 19.3 Å². The van der Waals surface area contributed by atoms with Crippen LogP contribution in [0.5, 0.6) is 0 Å². The van der Waals surface area contributed by atoms with E-state index in [9.17, 15) is 4.79 Å². The number of anilines is 1. The molecular weight excluding hydrogens is 234 g/mol. The normalized spacial score (nSPS) is 9.68. The van der Waals surface area contributed by atoms with Crippen LogP contribution in [0.1, 0.15) is 16.7 Å². The van der Waals surface area contributed by atoms with Gasteiger partial charge in [-0.05, 0) is 30.7 Å². The van der Waals surface area contributed by atoms with Crippen LogP contribution in [-0.4, -0.2) is 5.91 Å². The molecule has 0 aromatic heterocycles. The van der Waals surface area contributed by atoms with Gasteiger partial charge in [0, 0.05) is 11.3 Å². The summed E-state index contributed by atoms with van der Waals surface area (Å²) < 4.78 is 0. The minimum absolute atomic E-state index is 0.0435. The smallest absolute Gasteiger partial charge is 0.228 e. The van der Waals surface area contributed by atoms with E-state index in [4.69, 9.17) is 6.42 Å². The molecule has 0 atom stereocenters. The van der Waals surface area contributed by atoms with Gasteiger partial charge in [0.05, 0.1) is 6.42 Å². The highest BCUT2D eigenvalue weighted by molar-refractivity contribution is 5.92. The maximum Gasteiger partial charge on any atom is 0.228 e. The highest BCUT2D eigenvalue weighted by atomic mass is 16.1. The molecule has 2 rings (SSSR count). The lowest BCUT2D eigenvalue weighted by molar-refractivity contribution is -0.115. The summed E-state index contributed by atoms with van der Waals surface area (Å²) in [5.74, 6) is 2.50. The number of aryl methyl sites for hydroxylation is 1. The number of benzene rings is 2. The zero-order valence-electron chi connectivity index (χ0n) is 10.8. The molecule has 1 N–H and O–H groups in total. The number of rotatable bonds is 3. The van der Waals surface area contributed by atoms with Gasteiger partial charge in [-0.3, -0.25) is 4.79 Å². The SMILES string of the molecule is C#Cc1cccc(NC(=O)Cc2ccc(C)cc2)c1. The molecule has 2 aromatic rings. The van der Waals surface area contributed by atoms with E-state index in [1.165, 1.54) is 5.56 Å². The van der Waals surface area contributed by atoms with Crippen LogP contribution in [0.25, 0.3) is 0 Å². The van der Waals surface area contributed by atoms with Crippen LogP contribution < -0.4 is 5.32 Å². The molecule has 2 heteroatoms. The van der Waals surface area contributed by atoms with Gasteiger partial charge in [0.2, 0.25) is 5.91 Å². The van der Waals surface area contributed by atoms with E-state index < -0.39 is 0 Å².